The van der Waals surface area contributed by atoms with Crippen LogP contribution in [0.2, 0.25) is 0 Å². The Morgan fingerprint density at radius 1 is 0.953 bits per heavy atom. The second-order valence-electron chi connectivity index (χ2n) is 11.3. The van der Waals surface area contributed by atoms with E-state index in [1.165, 1.54) is 4.40 Å². The van der Waals surface area contributed by atoms with E-state index in [1.807, 2.05) is 79.5 Å². The zero-order chi connectivity index (χ0) is 29.9. The quantitative estimate of drug-likeness (QED) is 0.341. The summed E-state index contributed by atoms with van der Waals surface area (Å²) in [6.45, 7) is 5.47. The number of aromatic nitrogens is 2. The molecule has 2 saturated heterocycles. The smallest absolute Gasteiger partial charge is 0.301 e. The zero-order valence-corrected chi connectivity index (χ0v) is 24.6. The minimum absolute atomic E-state index is 0.0850. The molecule has 2 amide bonds. The molecule has 4 heterocycles. The van der Waals surface area contributed by atoms with Crippen LogP contribution in [0.25, 0.3) is 5.65 Å². The predicted octanol–water partition coefficient (Wildman–Crippen LogP) is 3.39. The predicted molar refractivity (Wildman–Crippen MR) is 166 cm³/mol. The Kier molecular flexibility index (Phi) is 8.11. The third-order valence-corrected chi connectivity index (χ3v) is 8.04. The summed E-state index contributed by atoms with van der Waals surface area (Å²) in [7, 11) is 1.91. The van der Waals surface area contributed by atoms with E-state index >= 15 is 0 Å². The highest BCUT2D eigenvalue weighted by atomic mass is 16.5. The van der Waals surface area contributed by atoms with Crippen molar-refractivity contribution in [2.24, 2.45) is 0 Å². The van der Waals surface area contributed by atoms with Gasteiger partial charge in [0.1, 0.15) is 6.61 Å². The molecule has 1 N–H and O–H groups in total. The molecule has 222 valence electrons. The molecule has 4 aromatic rings. The number of amides is 2. The molecule has 2 aromatic heterocycles. The van der Waals surface area contributed by atoms with Gasteiger partial charge in [-0.2, -0.15) is 0 Å². The highest BCUT2D eigenvalue weighted by Crippen LogP contribution is 2.31. The second kappa shape index (κ2) is 12.3. The van der Waals surface area contributed by atoms with Gasteiger partial charge in [-0.3, -0.25) is 23.7 Å². The Balaban J connectivity index is 1.47. The van der Waals surface area contributed by atoms with Gasteiger partial charge in [-0.05, 0) is 44.0 Å². The summed E-state index contributed by atoms with van der Waals surface area (Å²) in [6, 6.07) is 19.3. The number of hydrogen-bond acceptors (Lipinski definition) is 7. The van der Waals surface area contributed by atoms with E-state index in [-0.39, 0.29) is 42.7 Å². The van der Waals surface area contributed by atoms with Crippen molar-refractivity contribution in [3.8, 4) is 5.75 Å². The number of aryl methyl sites for hydroxylation is 1. The van der Waals surface area contributed by atoms with Gasteiger partial charge in [-0.1, -0.05) is 60.2 Å². The van der Waals surface area contributed by atoms with Gasteiger partial charge in [-0.15, -0.1) is 0 Å². The average Bonchev–Trinajstić information content (AvgIpc) is 3.56. The number of carbonyl (C=O) groups excluding carboxylic acids is 2. The van der Waals surface area contributed by atoms with Gasteiger partial charge in [0.25, 0.3) is 5.91 Å². The number of ether oxygens (including phenoxy) is 1. The van der Waals surface area contributed by atoms with E-state index in [0.29, 0.717) is 18.8 Å². The van der Waals surface area contributed by atoms with Crippen molar-refractivity contribution in [1.29, 1.82) is 0 Å². The number of nitrogens with zero attached hydrogens (tertiary/aromatic N) is 5. The Morgan fingerprint density at radius 2 is 1.70 bits per heavy atom. The first kappa shape index (κ1) is 28.4. The fourth-order valence-electron chi connectivity index (χ4n) is 5.57. The van der Waals surface area contributed by atoms with E-state index in [0.717, 1.165) is 48.3 Å². The first-order valence-electron chi connectivity index (χ1n) is 14.7. The number of fused-ring (bicyclic) bond motifs is 1. The maximum atomic E-state index is 14.2. The van der Waals surface area contributed by atoms with Crippen molar-refractivity contribution in [3.63, 3.8) is 0 Å². The molecule has 2 aliphatic heterocycles. The van der Waals surface area contributed by atoms with Crippen LogP contribution in [0.15, 0.2) is 71.7 Å². The zero-order valence-electron chi connectivity index (χ0n) is 24.6. The number of pyridine rings is 1. The molecule has 0 saturated carbocycles. The van der Waals surface area contributed by atoms with Crippen molar-refractivity contribution < 1.29 is 14.3 Å². The fourth-order valence-corrected chi connectivity index (χ4v) is 5.57. The Labute approximate surface area is 250 Å². The standard InChI is InChI=1S/C33H36N6O4/c1-23-10-12-24(13-11-23)19-34-32(41)29-30(43-22-25-8-4-3-5-9-25)33(42)39-20-26(37-14-6-7-15-37)18-27(31(39)35-29)38-17-16-36(2)21-28(38)40/h3-5,8-13,18,20H,6-7,14-17,19,21-22H2,1-2H3,(H,34,41). The lowest BCUT2D eigenvalue weighted by Crippen LogP contribution is -2.49. The highest BCUT2D eigenvalue weighted by Gasteiger charge is 2.29. The molecule has 0 atom stereocenters. The number of benzene rings is 2. The van der Waals surface area contributed by atoms with Crippen LogP contribution >= 0.6 is 0 Å². The van der Waals surface area contributed by atoms with Gasteiger partial charge in [0.05, 0.1) is 17.9 Å². The SMILES string of the molecule is Cc1ccc(CNC(=O)c2nc3c(N4CCN(C)CC4=O)cc(N4CCCC4)cn3c(=O)c2OCc2ccccc2)cc1. The summed E-state index contributed by atoms with van der Waals surface area (Å²) in [4.78, 5) is 51.8. The van der Waals surface area contributed by atoms with Crippen LogP contribution in [0, 0.1) is 6.92 Å². The maximum Gasteiger partial charge on any atom is 0.301 e. The monoisotopic (exact) mass is 580 g/mol. The number of carbonyl (C=O) groups is 2. The third kappa shape index (κ3) is 6.10. The molecular formula is C33H36N6O4. The van der Waals surface area contributed by atoms with Crippen LogP contribution in [-0.2, 0) is 17.9 Å². The van der Waals surface area contributed by atoms with Gasteiger partial charge < -0.3 is 19.9 Å². The first-order chi connectivity index (χ1) is 20.9. The molecule has 10 nitrogen and oxygen atoms in total. The number of piperazine rings is 1. The Morgan fingerprint density at radius 3 is 2.42 bits per heavy atom. The number of anilines is 2. The minimum atomic E-state index is -0.525. The van der Waals surface area contributed by atoms with E-state index in [4.69, 9.17) is 9.72 Å². The lowest BCUT2D eigenvalue weighted by atomic mass is 10.1. The highest BCUT2D eigenvalue weighted by molar-refractivity contribution is 6.00. The molecule has 0 spiro atoms. The molecule has 10 heteroatoms. The van der Waals surface area contributed by atoms with Gasteiger partial charge in [0.15, 0.2) is 11.3 Å². The molecular weight excluding hydrogens is 544 g/mol. The normalized spacial score (nSPS) is 15.7. The van der Waals surface area contributed by atoms with Crippen molar-refractivity contribution in [1.82, 2.24) is 19.6 Å². The van der Waals surface area contributed by atoms with Crippen molar-refractivity contribution >= 4 is 28.8 Å². The lowest BCUT2D eigenvalue weighted by Gasteiger charge is -2.33. The molecule has 2 fully saturated rings. The van der Waals surface area contributed by atoms with Crippen molar-refractivity contribution in [2.75, 3.05) is 49.6 Å². The number of rotatable bonds is 8. The van der Waals surface area contributed by atoms with E-state index < -0.39 is 11.5 Å². The summed E-state index contributed by atoms with van der Waals surface area (Å²) >= 11 is 0. The van der Waals surface area contributed by atoms with Crippen LogP contribution in [0.1, 0.15) is 40.0 Å². The topological polar surface area (TPSA) is 99.5 Å². The summed E-state index contributed by atoms with van der Waals surface area (Å²) in [5, 5.41) is 2.91. The van der Waals surface area contributed by atoms with Gasteiger partial charge >= 0.3 is 5.56 Å². The van der Waals surface area contributed by atoms with Gasteiger partial charge in [-0.25, -0.2) is 4.98 Å². The largest absolute Gasteiger partial charge is 0.481 e. The number of hydrogen-bond donors (Lipinski definition) is 1. The van der Waals surface area contributed by atoms with Crippen molar-refractivity contribution in [3.05, 3.63) is 99.6 Å². The molecule has 43 heavy (non-hydrogen) atoms. The molecule has 2 aromatic carbocycles. The fraction of sp³-hybridized carbons (Fsp3) is 0.333. The van der Waals surface area contributed by atoms with E-state index in [2.05, 4.69) is 10.2 Å². The Bertz CT molecular complexity index is 1700. The van der Waals surface area contributed by atoms with Crippen LogP contribution in [0.3, 0.4) is 0 Å². The van der Waals surface area contributed by atoms with E-state index in [9.17, 15) is 14.4 Å². The summed E-state index contributed by atoms with van der Waals surface area (Å²) in [6.07, 6.45) is 3.86. The third-order valence-electron chi connectivity index (χ3n) is 8.04. The number of likely N-dealkylation sites (N-methyl/N-ethyl adjacent to an activating group) is 1. The van der Waals surface area contributed by atoms with E-state index in [1.54, 1.807) is 11.1 Å². The molecule has 0 bridgehead atoms. The van der Waals surface area contributed by atoms with Crippen LogP contribution in [0.4, 0.5) is 11.4 Å². The molecule has 6 rings (SSSR count). The molecule has 2 aliphatic rings. The summed E-state index contributed by atoms with van der Waals surface area (Å²) < 4.78 is 7.52. The first-order valence-corrected chi connectivity index (χ1v) is 14.7. The molecule has 0 aliphatic carbocycles. The van der Waals surface area contributed by atoms with Crippen LogP contribution in [-0.4, -0.2) is 65.9 Å². The maximum absolute atomic E-state index is 14.2. The Hall–Kier alpha value is -4.70. The van der Waals surface area contributed by atoms with Gasteiger partial charge in [0, 0.05) is 38.9 Å². The average molecular weight is 581 g/mol. The second-order valence-corrected chi connectivity index (χ2v) is 11.3. The van der Waals surface area contributed by atoms with Crippen molar-refractivity contribution in [2.45, 2.75) is 32.9 Å². The van der Waals surface area contributed by atoms with Gasteiger partial charge in [0.2, 0.25) is 11.7 Å². The molecule has 0 unspecified atom stereocenters. The van der Waals surface area contributed by atoms with Crippen LogP contribution in [0.5, 0.6) is 5.75 Å². The molecule has 0 radical (unpaired) electrons. The lowest BCUT2D eigenvalue weighted by molar-refractivity contribution is -0.120. The minimum Gasteiger partial charge on any atom is -0.481 e. The summed E-state index contributed by atoms with van der Waals surface area (Å²) in [5.41, 5.74) is 3.89. The summed E-state index contributed by atoms with van der Waals surface area (Å²) in [5.74, 6) is -0.738. The number of nitrogens with one attached hydrogen (secondary N) is 1. The van der Waals surface area contributed by atoms with Crippen LogP contribution < -0.4 is 25.4 Å².